The van der Waals surface area contributed by atoms with Gasteiger partial charge in [0.2, 0.25) is 5.91 Å². The van der Waals surface area contributed by atoms with Crippen molar-refractivity contribution in [2.75, 3.05) is 7.11 Å². The van der Waals surface area contributed by atoms with Gasteiger partial charge in [0.15, 0.2) is 11.5 Å². The average molecular weight is 480 g/mol. The van der Waals surface area contributed by atoms with E-state index in [0.29, 0.717) is 25.9 Å². The van der Waals surface area contributed by atoms with Crippen LogP contribution in [0, 0.1) is 11.3 Å². The summed E-state index contributed by atoms with van der Waals surface area (Å²) in [4.78, 5) is 12.3. The number of phenols is 1. The summed E-state index contributed by atoms with van der Waals surface area (Å²) < 4.78 is 5.64. The molecule has 0 fully saturated rings. The number of carbonyl (C=O) groups excluding carboxylic acids is 1. The van der Waals surface area contributed by atoms with Crippen molar-refractivity contribution in [3.63, 3.8) is 0 Å². The summed E-state index contributed by atoms with van der Waals surface area (Å²) in [6.07, 6.45) is 0.147. The number of nitrogens with zero attached hydrogens (tertiary/aromatic N) is 1. The van der Waals surface area contributed by atoms with Crippen molar-refractivity contribution in [3.05, 3.63) is 67.6 Å². The van der Waals surface area contributed by atoms with Gasteiger partial charge >= 0.3 is 0 Å². The van der Waals surface area contributed by atoms with Crippen LogP contribution in [-0.4, -0.2) is 18.1 Å². The highest BCUT2D eigenvalue weighted by molar-refractivity contribution is 9.10. The summed E-state index contributed by atoms with van der Waals surface area (Å²) >= 11 is 10.6. The Kier molecular flexibility index (Phi) is 6.55. The fourth-order valence-corrected chi connectivity index (χ4v) is 4.52. The van der Waals surface area contributed by atoms with E-state index in [1.807, 2.05) is 12.1 Å². The first-order valence-electron chi connectivity index (χ1n) is 8.30. The van der Waals surface area contributed by atoms with Gasteiger partial charge in [-0.05, 0) is 51.3 Å². The Bertz CT molecular complexity index is 986. The normalized spacial score (nSPS) is 16.5. The first-order valence-corrected chi connectivity index (χ1v) is 10.5. The highest BCUT2D eigenvalue weighted by Gasteiger charge is 2.30. The van der Waals surface area contributed by atoms with E-state index in [0.717, 1.165) is 11.1 Å². The van der Waals surface area contributed by atoms with Crippen LogP contribution in [0.15, 0.2) is 51.5 Å². The zero-order valence-electron chi connectivity index (χ0n) is 14.8. The molecule has 0 saturated carbocycles. The molecular weight excluding hydrogens is 464 g/mol. The van der Waals surface area contributed by atoms with E-state index in [2.05, 4.69) is 27.3 Å². The van der Waals surface area contributed by atoms with Gasteiger partial charge in [0, 0.05) is 23.1 Å². The molecule has 2 aromatic carbocycles. The Labute approximate surface area is 180 Å². The van der Waals surface area contributed by atoms with E-state index in [4.69, 9.17) is 16.3 Å². The van der Waals surface area contributed by atoms with Gasteiger partial charge in [-0.1, -0.05) is 23.7 Å². The number of amides is 1. The summed E-state index contributed by atoms with van der Waals surface area (Å²) in [6.45, 7) is 0. The van der Waals surface area contributed by atoms with Gasteiger partial charge in [0.05, 0.1) is 28.3 Å². The molecule has 8 heteroatoms. The van der Waals surface area contributed by atoms with E-state index < -0.39 is 5.92 Å². The fraction of sp³-hybridized carbons (Fsp3) is 0.200. The standard InChI is InChI=1S/C20H16BrClN2O3S/c1-27-17-7-12(6-16(21)19(17)26)14-8-18(25)24-20(15(14)9-23)28-10-11-2-4-13(22)5-3-11/h2-7,14,26H,8,10H2,1H3,(H,24,25)/t14-/m1/s1. The van der Waals surface area contributed by atoms with E-state index in [1.165, 1.54) is 18.9 Å². The van der Waals surface area contributed by atoms with Gasteiger partial charge in [0.25, 0.3) is 0 Å². The van der Waals surface area contributed by atoms with Crippen LogP contribution in [0.4, 0.5) is 0 Å². The summed E-state index contributed by atoms with van der Waals surface area (Å²) in [5.74, 6) is 0.269. The largest absolute Gasteiger partial charge is 0.503 e. The van der Waals surface area contributed by atoms with Crippen molar-refractivity contribution in [1.29, 1.82) is 5.26 Å². The van der Waals surface area contributed by atoms with Crippen LogP contribution in [0.2, 0.25) is 5.02 Å². The molecule has 0 aliphatic carbocycles. The molecule has 0 spiro atoms. The molecule has 3 rings (SSSR count). The number of halogens is 2. The number of rotatable bonds is 5. The van der Waals surface area contributed by atoms with Gasteiger partial charge in [0.1, 0.15) is 0 Å². The van der Waals surface area contributed by atoms with Crippen molar-refractivity contribution >= 4 is 45.2 Å². The lowest BCUT2D eigenvalue weighted by Gasteiger charge is -2.25. The zero-order valence-corrected chi connectivity index (χ0v) is 18.0. The average Bonchev–Trinajstić information content (AvgIpc) is 2.69. The lowest BCUT2D eigenvalue weighted by atomic mass is 9.87. The predicted octanol–water partition coefficient (Wildman–Crippen LogP) is 5.09. The molecular formula is C20H16BrClN2O3S. The summed E-state index contributed by atoms with van der Waals surface area (Å²) in [5, 5.41) is 23.8. The number of benzene rings is 2. The molecule has 0 aromatic heterocycles. The molecule has 2 N–H and O–H groups in total. The second kappa shape index (κ2) is 8.91. The molecule has 2 aromatic rings. The number of hydrogen-bond donors (Lipinski definition) is 2. The number of hydrogen-bond acceptors (Lipinski definition) is 5. The van der Waals surface area contributed by atoms with E-state index in [9.17, 15) is 15.2 Å². The van der Waals surface area contributed by atoms with Gasteiger partial charge in [-0.25, -0.2) is 0 Å². The minimum Gasteiger partial charge on any atom is -0.503 e. The molecule has 1 aliphatic heterocycles. The number of methoxy groups -OCH3 is 1. The number of thioether (sulfide) groups is 1. The molecule has 0 radical (unpaired) electrons. The SMILES string of the molecule is COc1cc([C@H]2CC(=O)NC(SCc3ccc(Cl)cc3)=C2C#N)cc(Br)c1O. The number of phenolic OH excluding ortho intramolecular Hbond substituents is 1. The van der Waals surface area contributed by atoms with Crippen LogP contribution in [0.3, 0.4) is 0 Å². The van der Waals surface area contributed by atoms with Crippen LogP contribution >= 0.6 is 39.3 Å². The highest BCUT2D eigenvalue weighted by Crippen LogP contribution is 2.42. The lowest BCUT2D eigenvalue weighted by molar-refractivity contribution is -0.120. The summed E-state index contributed by atoms with van der Waals surface area (Å²) in [7, 11) is 1.45. The maximum Gasteiger partial charge on any atom is 0.225 e. The number of nitrogens with one attached hydrogen (secondary N) is 1. The van der Waals surface area contributed by atoms with Crippen molar-refractivity contribution in [2.24, 2.45) is 0 Å². The van der Waals surface area contributed by atoms with E-state index >= 15 is 0 Å². The smallest absolute Gasteiger partial charge is 0.225 e. The first kappa shape index (κ1) is 20.6. The molecule has 1 atom stereocenters. The molecule has 1 amide bonds. The van der Waals surface area contributed by atoms with Gasteiger partial charge in [-0.3, -0.25) is 4.79 Å². The van der Waals surface area contributed by atoms with Crippen LogP contribution in [0.5, 0.6) is 11.5 Å². The molecule has 1 aliphatic rings. The maximum atomic E-state index is 12.3. The van der Waals surface area contributed by atoms with Crippen molar-refractivity contribution < 1.29 is 14.6 Å². The monoisotopic (exact) mass is 478 g/mol. The van der Waals surface area contributed by atoms with Crippen molar-refractivity contribution in [3.8, 4) is 17.6 Å². The predicted molar refractivity (Wildman–Crippen MR) is 113 cm³/mol. The summed E-state index contributed by atoms with van der Waals surface area (Å²) in [5.41, 5.74) is 2.24. The van der Waals surface area contributed by atoms with Crippen LogP contribution in [0.25, 0.3) is 0 Å². The first-order chi connectivity index (χ1) is 13.4. The molecule has 0 unspecified atom stereocenters. The minimum absolute atomic E-state index is 0.0219. The van der Waals surface area contributed by atoms with Crippen molar-refractivity contribution in [1.82, 2.24) is 5.32 Å². The quantitative estimate of drug-likeness (QED) is 0.624. The second-order valence-corrected chi connectivity index (χ2v) is 8.40. The Balaban J connectivity index is 1.94. The topological polar surface area (TPSA) is 82.3 Å². The second-order valence-electron chi connectivity index (χ2n) is 6.13. The van der Waals surface area contributed by atoms with Crippen LogP contribution < -0.4 is 10.1 Å². The molecule has 144 valence electrons. The minimum atomic E-state index is -0.419. The molecule has 0 bridgehead atoms. The number of nitriles is 1. The van der Waals surface area contributed by atoms with Gasteiger partial charge in [-0.15, -0.1) is 11.8 Å². The Hall–Kier alpha value is -2.14. The fourth-order valence-electron chi connectivity index (χ4n) is 2.90. The van der Waals surface area contributed by atoms with Gasteiger partial charge in [-0.2, -0.15) is 5.26 Å². The zero-order chi connectivity index (χ0) is 20.3. The maximum absolute atomic E-state index is 12.3. The van der Waals surface area contributed by atoms with Crippen LogP contribution in [0.1, 0.15) is 23.5 Å². The van der Waals surface area contributed by atoms with Crippen molar-refractivity contribution in [2.45, 2.75) is 18.1 Å². The third kappa shape index (κ3) is 4.46. The lowest BCUT2D eigenvalue weighted by Crippen LogP contribution is -2.30. The number of allylic oxidation sites excluding steroid dienone is 1. The summed E-state index contributed by atoms with van der Waals surface area (Å²) in [6, 6.07) is 13.0. The van der Waals surface area contributed by atoms with E-state index in [1.54, 1.807) is 24.3 Å². The molecule has 28 heavy (non-hydrogen) atoms. The third-order valence-corrected chi connectivity index (χ3v) is 6.27. The van der Waals surface area contributed by atoms with E-state index in [-0.39, 0.29) is 23.8 Å². The number of aromatic hydroxyl groups is 1. The highest BCUT2D eigenvalue weighted by atomic mass is 79.9. The Morgan fingerprint density at radius 1 is 1.39 bits per heavy atom. The Morgan fingerprint density at radius 3 is 2.75 bits per heavy atom. The molecule has 5 nitrogen and oxygen atoms in total. The number of ether oxygens (including phenoxy) is 1. The Morgan fingerprint density at radius 2 is 2.11 bits per heavy atom. The molecule has 0 saturated heterocycles. The molecule has 1 heterocycles. The number of carbonyl (C=O) groups is 1. The van der Waals surface area contributed by atoms with Gasteiger partial charge < -0.3 is 15.2 Å². The van der Waals surface area contributed by atoms with Crippen LogP contribution in [-0.2, 0) is 10.5 Å². The third-order valence-electron chi connectivity index (χ3n) is 4.33.